The van der Waals surface area contributed by atoms with Gasteiger partial charge < -0.3 is 14.5 Å². The summed E-state index contributed by atoms with van der Waals surface area (Å²) in [4.78, 5) is 26.1. The summed E-state index contributed by atoms with van der Waals surface area (Å²) in [6.45, 7) is 9.24. The minimum Gasteiger partial charge on any atom is -0.458 e. The minimum atomic E-state index is -0.662. The van der Waals surface area contributed by atoms with Crippen molar-refractivity contribution < 1.29 is 13.9 Å². The summed E-state index contributed by atoms with van der Waals surface area (Å²) < 4.78 is 11.7. The molecule has 1 amide bonds. The summed E-state index contributed by atoms with van der Waals surface area (Å²) in [5.41, 5.74) is 1.30. The standard InChI is InChI=1S/C26H28N2O4/c1-16(2)22(28-25(30)32-26(3,4)5)24-20(13-17-9-7-6-8-10-17)23(29)19-12-11-18(15-27)14-21(19)31-24/h6-12,14,16,22H,13H2,1-5H3,(H,28,30)/t22-/m1/s1. The van der Waals surface area contributed by atoms with Gasteiger partial charge in [0.1, 0.15) is 16.9 Å². The number of nitrogens with zero attached hydrogens (tertiary/aromatic N) is 1. The molecule has 1 N–H and O–H groups in total. The number of alkyl carbamates (subject to hydrolysis) is 1. The van der Waals surface area contributed by atoms with E-state index in [2.05, 4.69) is 11.4 Å². The predicted octanol–water partition coefficient (Wildman–Crippen LogP) is 5.48. The van der Waals surface area contributed by atoms with Gasteiger partial charge in [0.05, 0.1) is 23.1 Å². The summed E-state index contributed by atoms with van der Waals surface area (Å²) in [7, 11) is 0. The first kappa shape index (κ1) is 23.1. The molecule has 0 saturated heterocycles. The molecule has 0 unspecified atom stereocenters. The van der Waals surface area contributed by atoms with E-state index in [1.165, 1.54) is 0 Å². The van der Waals surface area contributed by atoms with Gasteiger partial charge >= 0.3 is 6.09 Å². The van der Waals surface area contributed by atoms with Gasteiger partial charge in [-0.25, -0.2) is 4.79 Å². The second kappa shape index (κ2) is 9.27. The van der Waals surface area contributed by atoms with Crippen molar-refractivity contribution in [3.05, 3.63) is 81.2 Å². The zero-order valence-corrected chi connectivity index (χ0v) is 19.1. The highest BCUT2D eigenvalue weighted by Crippen LogP contribution is 2.29. The van der Waals surface area contributed by atoms with Crippen molar-refractivity contribution in [2.45, 2.75) is 52.7 Å². The van der Waals surface area contributed by atoms with Gasteiger partial charge in [0.2, 0.25) is 0 Å². The number of carbonyl (C=O) groups excluding carboxylic acids is 1. The van der Waals surface area contributed by atoms with E-state index >= 15 is 0 Å². The van der Waals surface area contributed by atoms with E-state index in [1.807, 2.05) is 44.2 Å². The molecule has 1 heterocycles. The molecule has 0 bridgehead atoms. The molecule has 166 valence electrons. The third-order valence-electron chi connectivity index (χ3n) is 4.99. The number of rotatable bonds is 5. The SMILES string of the molecule is CC(C)[C@@H](NC(=O)OC(C)(C)C)c1oc2cc(C#N)ccc2c(=O)c1Cc1ccccc1. The minimum absolute atomic E-state index is 0.0863. The number of benzene rings is 2. The van der Waals surface area contributed by atoms with Crippen LogP contribution in [0.5, 0.6) is 0 Å². The van der Waals surface area contributed by atoms with E-state index in [4.69, 9.17) is 9.15 Å². The average Bonchev–Trinajstić information content (AvgIpc) is 2.73. The predicted molar refractivity (Wildman–Crippen MR) is 123 cm³/mol. The Morgan fingerprint density at radius 3 is 2.44 bits per heavy atom. The van der Waals surface area contributed by atoms with E-state index in [1.54, 1.807) is 39.0 Å². The van der Waals surface area contributed by atoms with Crippen LogP contribution in [-0.4, -0.2) is 11.7 Å². The van der Waals surface area contributed by atoms with Crippen molar-refractivity contribution in [1.29, 1.82) is 5.26 Å². The Kier molecular flexibility index (Phi) is 6.69. The van der Waals surface area contributed by atoms with Gasteiger partial charge in [0, 0.05) is 12.0 Å². The fraction of sp³-hybridized carbons (Fsp3) is 0.346. The van der Waals surface area contributed by atoms with Crippen LogP contribution in [0.15, 0.2) is 57.7 Å². The number of nitrogens with one attached hydrogen (secondary N) is 1. The van der Waals surface area contributed by atoms with E-state index in [9.17, 15) is 14.9 Å². The van der Waals surface area contributed by atoms with Crippen LogP contribution in [0.2, 0.25) is 0 Å². The number of hydrogen-bond acceptors (Lipinski definition) is 5. The molecular formula is C26H28N2O4. The molecule has 1 atom stereocenters. The lowest BCUT2D eigenvalue weighted by Gasteiger charge is -2.26. The first-order valence-electron chi connectivity index (χ1n) is 10.6. The highest BCUT2D eigenvalue weighted by molar-refractivity contribution is 5.79. The smallest absolute Gasteiger partial charge is 0.408 e. The van der Waals surface area contributed by atoms with Crippen LogP contribution in [0.4, 0.5) is 4.79 Å². The Balaban J connectivity index is 2.18. The lowest BCUT2D eigenvalue weighted by molar-refractivity contribution is 0.0481. The highest BCUT2D eigenvalue weighted by Gasteiger charge is 2.29. The maximum atomic E-state index is 13.5. The Morgan fingerprint density at radius 2 is 1.84 bits per heavy atom. The van der Waals surface area contributed by atoms with Crippen molar-refractivity contribution >= 4 is 17.1 Å². The molecule has 32 heavy (non-hydrogen) atoms. The molecule has 2 aromatic carbocycles. The van der Waals surface area contributed by atoms with Crippen LogP contribution in [0.3, 0.4) is 0 Å². The molecule has 0 aliphatic carbocycles. The van der Waals surface area contributed by atoms with Crippen LogP contribution in [0.25, 0.3) is 11.0 Å². The highest BCUT2D eigenvalue weighted by atomic mass is 16.6. The fourth-order valence-corrected chi connectivity index (χ4v) is 3.51. The maximum absolute atomic E-state index is 13.5. The lowest BCUT2D eigenvalue weighted by Crippen LogP contribution is -2.37. The van der Waals surface area contributed by atoms with Crippen molar-refractivity contribution in [1.82, 2.24) is 5.32 Å². The van der Waals surface area contributed by atoms with Crippen molar-refractivity contribution in [2.75, 3.05) is 0 Å². The zero-order chi connectivity index (χ0) is 23.5. The van der Waals surface area contributed by atoms with Crippen LogP contribution in [-0.2, 0) is 11.2 Å². The van der Waals surface area contributed by atoms with Crippen LogP contribution in [0.1, 0.15) is 63.1 Å². The molecule has 0 radical (unpaired) electrons. The summed E-state index contributed by atoms with van der Waals surface area (Å²) >= 11 is 0. The van der Waals surface area contributed by atoms with Crippen LogP contribution >= 0.6 is 0 Å². The average molecular weight is 433 g/mol. The number of nitriles is 1. The number of fused-ring (bicyclic) bond motifs is 1. The summed E-state index contributed by atoms with van der Waals surface area (Å²) in [6.07, 6.45) is -0.233. The normalized spacial score (nSPS) is 12.4. The van der Waals surface area contributed by atoms with E-state index < -0.39 is 17.7 Å². The fourth-order valence-electron chi connectivity index (χ4n) is 3.51. The van der Waals surface area contributed by atoms with E-state index in [0.717, 1.165) is 5.56 Å². The van der Waals surface area contributed by atoms with Gasteiger partial charge in [-0.15, -0.1) is 0 Å². The number of ether oxygens (including phenoxy) is 1. The summed E-state index contributed by atoms with van der Waals surface area (Å²) in [5.74, 6) is 0.291. The molecule has 3 aromatic rings. The summed E-state index contributed by atoms with van der Waals surface area (Å²) in [5, 5.41) is 12.5. The molecule has 0 fully saturated rings. The first-order chi connectivity index (χ1) is 15.1. The Morgan fingerprint density at radius 1 is 1.16 bits per heavy atom. The Bertz CT molecular complexity index is 1210. The molecule has 0 spiro atoms. The van der Waals surface area contributed by atoms with Gasteiger partial charge in [-0.2, -0.15) is 5.26 Å². The first-order valence-corrected chi connectivity index (χ1v) is 10.6. The molecule has 0 aliphatic heterocycles. The second-order valence-corrected chi connectivity index (χ2v) is 9.13. The van der Waals surface area contributed by atoms with Gasteiger partial charge in [-0.05, 0) is 50.5 Å². The second-order valence-electron chi connectivity index (χ2n) is 9.13. The van der Waals surface area contributed by atoms with Crippen LogP contribution < -0.4 is 10.7 Å². The molecule has 0 aliphatic rings. The molecule has 1 aromatic heterocycles. The third kappa shape index (κ3) is 5.36. The molecule has 6 nitrogen and oxygen atoms in total. The topological polar surface area (TPSA) is 92.3 Å². The monoisotopic (exact) mass is 432 g/mol. The molecule has 6 heteroatoms. The van der Waals surface area contributed by atoms with Gasteiger partial charge in [-0.3, -0.25) is 4.79 Å². The zero-order valence-electron chi connectivity index (χ0n) is 19.1. The number of amides is 1. The van der Waals surface area contributed by atoms with Crippen LogP contribution in [0, 0.1) is 17.2 Å². The van der Waals surface area contributed by atoms with Gasteiger partial charge in [-0.1, -0.05) is 44.2 Å². The van der Waals surface area contributed by atoms with Crippen molar-refractivity contribution in [2.24, 2.45) is 5.92 Å². The lowest BCUT2D eigenvalue weighted by atomic mass is 9.93. The molecule has 0 saturated carbocycles. The van der Waals surface area contributed by atoms with Gasteiger partial charge in [0.15, 0.2) is 5.43 Å². The number of carbonyl (C=O) groups is 1. The maximum Gasteiger partial charge on any atom is 0.408 e. The quantitative estimate of drug-likeness (QED) is 0.576. The molecule has 3 rings (SSSR count). The van der Waals surface area contributed by atoms with Gasteiger partial charge in [0.25, 0.3) is 0 Å². The van der Waals surface area contributed by atoms with E-state index in [-0.39, 0.29) is 11.3 Å². The molecular weight excluding hydrogens is 404 g/mol. The van der Waals surface area contributed by atoms with E-state index in [0.29, 0.717) is 34.3 Å². The number of hydrogen-bond donors (Lipinski definition) is 1. The van der Waals surface area contributed by atoms with Crippen molar-refractivity contribution in [3.8, 4) is 6.07 Å². The summed E-state index contributed by atoms with van der Waals surface area (Å²) in [6, 6.07) is 15.9. The third-order valence-corrected chi connectivity index (χ3v) is 4.99. The Labute approximate surface area is 187 Å². The van der Waals surface area contributed by atoms with Crippen molar-refractivity contribution in [3.63, 3.8) is 0 Å². The largest absolute Gasteiger partial charge is 0.458 e. The Hall–Kier alpha value is -3.59.